The van der Waals surface area contributed by atoms with Crippen molar-refractivity contribution >= 4 is 17.8 Å². The van der Waals surface area contributed by atoms with E-state index in [-0.39, 0.29) is 6.42 Å². The van der Waals surface area contributed by atoms with Crippen LogP contribution in [0.3, 0.4) is 0 Å². The van der Waals surface area contributed by atoms with E-state index in [4.69, 9.17) is 14.9 Å². The van der Waals surface area contributed by atoms with Crippen LogP contribution in [0.1, 0.15) is 32.6 Å². The molecular formula is C15H25NO11. The van der Waals surface area contributed by atoms with Gasteiger partial charge in [0.1, 0.15) is 24.4 Å². The summed E-state index contributed by atoms with van der Waals surface area (Å²) >= 11 is 0. The molecule has 12 heteroatoms. The minimum Gasteiger partial charge on any atom is -0.481 e. The topological polar surface area (TPSA) is 194 Å². The van der Waals surface area contributed by atoms with Gasteiger partial charge in [0, 0.05) is 6.42 Å². The van der Waals surface area contributed by atoms with Crippen LogP contribution in [0.15, 0.2) is 0 Å². The van der Waals surface area contributed by atoms with Gasteiger partial charge >= 0.3 is 11.9 Å². The number of amides is 1. The summed E-state index contributed by atoms with van der Waals surface area (Å²) in [6.45, 7) is 0.917. The molecule has 1 heterocycles. The Hall–Kier alpha value is -1.83. The van der Waals surface area contributed by atoms with Crippen molar-refractivity contribution in [1.29, 1.82) is 0 Å². The summed E-state index contributed by atoms with van der Waals surface area (Å²) < 4.78 is 9.56. The Morgan fingerprint density at radius 1 is 1.11 bits per heavy atom. The van der Waals surface area contributed by atoms with Gasteiger partial charge in [-0.05, 0) is 6.42 Å². The van der Waals surface area contributed by atoms with Crippen molar-refractivity contribution in [1.82, 2.24) is 4.90 Å². The fourth-order valence-corrected chi connectivity index (χ4v) is 2.61. The second-order valence-corrected chi connectivity index (χ2v) is 5.98. The molecule has 6 atom stereocenters. The molecule has 1 aliphatic heterocycles. The van der Waals surface area contributed by atoms with E-state index < -0.39 is 74.4 Å². The molecule has 1 rings (SSSR count). The number of nitrogens with zero attached hydrogens (tertiary/aromatic N) is 1. The van der Waals surface area contributed by atoms with Crippen molar-refractivity contribution < 1.29 is 54.5 Å². The van der Waals surface area contributed by atoms with Crippen molar-refractivity contribution in [3.05, 3.63) is 0 Å². The summed E-state index contributed by atoms with van der Waals surface area (Å²) in [4.78, 5) is 34.9. The number of aliphatic hydroxyl groups excluding tert-OH is 5. The quantitative estimate of drug-likeness (QED) is 0.173. The molecule has 156 valence electrons. The highest BCUT2D eigenvalue weighted by atomic mass is 16.7. The lowest BCUT2D eigenvalue weighted by Crippen LogP contribution is -2.67. The van der Waals surface area contributed by atoms with Crippen LogP contribution in [-0.2, 0) is 23.9 Å². The van der Waals surface area contributed by atoms with Crippen molar-refractivity contribution in [2.24, 2.45) is 0 Å². The number of carbonyl (C=O) groups excluding carboxylic acids is 2. The van der Waals surface area contributed by atoms with Gasteiger partial charge < -0.3 is 40.1 Å². The van der Waals surface area contributed by atoms with Crippen LogP contribution in [0.2, 0.25) is 0 Å². The zero-order chi connectivity index (χ0) is 20.7. The lowest BCUT2D eigenvalue weighted by molar-refractivity contribution is -0.297. The smallest absolute Gasteiger partial charge is 0.310 e. The molecule has 0 radical (unpaired) electrons. The number of carbonyl (C=O) groups is 3. The van der Waals surface area contributed by atoms with E-state index in [2.05, 4.69) is 4.74 Å². The average molecular weight is 395 g/mol. The fourth-order valence-electron chi connectivity index (χ4n) is 2.61. The first kappa shape index (κ1) is 23.2. The molecular weight excluding hydrogens is 370 g/mol. The van der Waals surface area contributed by atoms with Crippen LogP contribution < -0.4 is 0 Å². The number of aliphatic hydroxyl groups is 5. The molecule has 0 aliphatic carbocycles. The lowest BCUT2D eigenvalue weighted by atomic mass is 9.95. The van der Waals surface area contributed by atoms with Crippen molar-refractivity contribution in [3.8, 4) is 0 Å². The highest BCUT2D eigenvalue weighted by Crippen LogP contribution is 2.26. The second kappa shape index (κ2) is 10.5. The number of aliphatic carboxylic acids is 1. The van der Waals surface area contributed by atoms with E-state index in [0.29, 0.717) is 11.3 Å². The van der Waals surface area contributed by atoms with Gasteiger partial charge in [0.15, 0.2) is 6.29 Å². The number of esters is 1. The molecule has 27 heavy (non-hydrogen) atoms. The molecule has 0 aromatic carbocycles. The summed E-state index contributed by atoms with van der Waals surface area (Å²) in [6, 6.07) is -1.70. The second-order valence-electron chi connectivity index (χ2n) is 5.98. The molecule has 0 aromatic heterocycles. The van der Waals surface area contributed by atoms with Gasteiger partial charge in [-0.25, -0.2) is 0 Å². The summed E-state index contributed by atoms with van der Waals surface area (Å²) in [5, 5.41) is 58.1. The van der Waals surface area contributed by atoms with E-state index in [0.717, 1.165) is 0 Å². The summed E-state index contributed by atoms with van der Waals surface area (Å²) in [6.07, 6.45) is -10.0. The third-order valence-electron chi connectivity index (χ3n) is 3.96. The molecule has 1 saturated heterocycles. The minimum atomic E-state index is -2.26. The van der Waals surface area contributed by atoms with Gasteiger partial charge in [-0.3, -0.25) is 19.3 Å². The third kappa shape index (κ3) is 6.09. The Bertz CT molecular complexity index is 528. The van der Waals surface area contributed by atoms with Crippen LogP contribution >= 0.6 is 0 Å². The number of carboxylic acids is 1. The number of rotatable bonds is 9. The molecule has 1 amide bonds. The van der Waals surface area contributed by atoms with E-state index in [1.54, 1.807) is 6.92 Å². The first-order chi connectivity index (χ1) is 12.6. The van der Waals surface area contributed by atoms with E-state index in [1.165, 1.54) is 0 Å². The molecule has 0 aromatic rings. The zero-order valence-corrected chi connectivity index (χ0v) is 14.7. The Balaban J connectivity index is 3.00. The highest BCUT2D eigenvalue weighted by molar-refractivity contribution is 5.78. The summed E-state index contributed by atoms with van der Waals surface area (Å²) in [5.74, 6) is -3.23. The largest absolute Gasteiger partial charge is 0.481 e. The monoisotopic (exact) mass is 395 g/mol. The number of ether oxygens (including phenoxy) is 2. The Labute approximate surface area is 154 Å². The highest BCUT2D eigenvalue weighted by Gasteiger charge is 2.49. The zero-order valence-electron chi connectivity index (χ0n) is 14.7. The summed E-state index contributed by atoms with van der Waals surface area (Å²) in [5.41, 5.74) is 0. The van der Waals surface area contributed by atoms with Gasteiger partial charge in [0.05, 0.1) is 19.4 Å². The van der Waals surface area contributed by atoms with Crippen molar-refractivity contribution in [2.45, 2.75) is 69.7 Å². The Kier molecular flexibility index (Phi) is 9.02. The van der Waals surface area contributed by atoms with Gasteiger partial charge in [-0.2, -0.15) is 0 Å². The molecule has 1 fully saturated rings. The fraction of sp³-hybridized carbons (Fsp3) is 0.800. The maximum Gasteiger partial charge on any atom is 0.310 e. The molecule has 1 aliphatic rings. The van der Waals surface area contributed by atoms with E-state index in [1.807, 2.05) is 0 Å². The first-order valence-corrected chi connectivity index (χ1v) is 8.35. The van der Waals surface area contributed by atoms with Gasteiger partial charge in [-0.15, -0.1) is 0 Å². The van der Waals surface area contributed by atoms with Crippen LogP contribution in [-0.4, -0.2) is 97.0 Å². The Morgan fingerprint density at radius 2 is 1.74 bits per heavy atom. The molecule has 0 saturated carbocycles. The predicted molar refractivity (Wildman–Crippen MR) is 84.5 cm³/mol. The molecule has 6 N–H and O–H groups in total. The van der Waals surface area contributed by atoms with Crippen molar-refractivity contribution in [3.63, 3.8) is 0 Å². The standard InChI is InChI=1S/C15H25NO11/c1-2-3-8(18)16(15(25)27-10(21)5-4-9(19)20)11-13(23)12(22)7(6-17)26-14(11)24/h7,11-15,17,22-25H,2-6H2,1H3,(H,19,20)/t7-,11-,12-,13-,14?,15?/m1/s1. The number of hydrogen-bond donors (Lipinski definition) is 6. The normalized spacial score (nSPS) is 29.0. The maximum absolute atomic E-state index is 12.4. The van der Waals surface area contributed by atoms with Crippen LogP contribution in [0, 0.1) is 0 Å². The average Bonchev–Trinajstić information content (AvgIpc) is 2.59. The summed E-state index contributed by atoms with van der Waals surface area (Å²) in [7, 11) is 0. The maximum atomic E-state index is 12.4. The predicted octanol–water partition coefficient (Wildman–Crippen LogP) is -2.90. The van der Waals surface area contributed by atoms with Crippen LogP contribution in [0.25, 0.3) is 0 Å². The first-order valence-electron chi connectivity index (χ1n) is 8.35. The molecule has 0 bridgehead atoms. The number of carboxylic acid groups (broad SMARTS) is 1. The van der Waals surface area contributed by atoms with Gasteiger partial charge in [-0.1, -0.05) is 6.92 Å². The van der Waals surface area contributed by atoms with Gasteiger partial charge in [0.25, 0.3) is 6.41 Å². The van der Waals surface area contributed by atoms with Crippen molar-refractivity contribution in [2.75, 3.05) is 6.61 Å². The third-order valence-corrected chi connectivity index (χ3v) is 3.96. The SMILES string of the molecule is CCCC(=O)N(C(O)OC(=O)CCC(=O)O)[C@H]1C(O)O[C@H](CO)[C@@H](O)[C@@H]1O. The Morgan fingerprint density at radius 3 is 2.26 bits per heavy atom. The molecule has 12 nitrogen and oxygen atoms in total. The minimum absolute atomic E-state index is 0.154. The number of hydrogen-bond acceptors (Lipinski definition) is 10. The molecule has 0 spiro atoms. The van der Waals surface area contributed by atoms with E-state index in [9.17, 15) is 34.8 Å². The molecule has 2 unspecified atom stereocenters. The van der Waals surface area contributed by atoms with E-state index >= 15 is 0 Å². The van der Waals surface area contributed by atoms with Crippen LogP contribution in [0.4, 0.5) is 0 Å². The van der Waals surface area contributed by atoms with Gasteiger partial charge in [0.2, 0.25) is 5.91 Å². The lowest BCUT2D eigenvalue weighted by Gasteiger charge is -2.45. The van der Waals surface area contributed by atoms with Crippen LogP contribution in [0.5, 0.6) is 0 Å².